The predicted octanol–water partition coefficient (Wildman–Crippen LogP) is 4.42. The van der Waals surface area contributed by atoms with Crippen LogP contribution in [0.25, 0.3) is 0 Å². The van der Waals surface area contributed by atoms with Crippen LogP contribution >= 0.6 is 15.9 Å². The van der Waals surface area contributed by atoms with Gasteiger partial charge in [0, 0.05) is 22.5 Å². The van der Waals surface area contributed by atoms with Gasteiger partial charge >= 0.3 is 0 Å². The number of rotatable bonds is 1. The molecule has 2 N–H and O–H groups in total. The Bertz CT molecular complexity index is 659. The third-order valence-electron chi connectivity index (χ3n) is 3.66. The molecule has 1 aliphatic rings. The van der Waals surface area contributed by atoms with Crippen LogP contribution < -0.4 is 10.5 Å². The number of ether oxygens (including phenoxy) is 1. The molecule has 1 aliphatic heterocycles. The normalized spacial score (nSPS) is 21.2. The molecule has 4 heteroatoms. The Morgan fingerprint density at radius 3 is 2.80 bits per heavy atom. The maximum atomic E-state index is 13.4. The Kier molecular flexibility index (Phi) is 3.52. The van der Waals surface area contributed by atoms with E-state index in [2.05, 4.69) is 15.9 Å². The Labute approximate surface area is 125 Å². The lowest BCUT2D eigenvalue weighted by Gasteiger charge is -2.31. The fraction of sp³-hybridized carbons (Fsp3) is 0.250. The molecule has 104 valence electrons. The van der Waals surface area contributed by atoms with E-state index in [-0.39, 0.29) is 18.0 Å². The maximum absolute atomic E-state index is 13.4. The first-order valence-electron chi connectivity index (χ1n) is 6.52. The summed E-state index contributed by atoms with van der Waals surface area (Å²) in [6.45, 7) is 1.76. The van der Waals surface area contributed by atoms with Crippen molar-refractivity contribution in [1.29, 1.82) is 0 Å². The number of hydrogen-bond donors (Lipinski definition) is 1. The van der Waals surface area contributed by atoms with Crippen molar-refractivity contribution in [3.8, 4) is 5.75 Å². The summed E-state index contributed by atoms with van der Waals surface area (Å²) in [6.07, 6.45) is 0.562. The van der Waals surface area contributed by atoms with Crippen molar-refractivity contribution in [2.24, 2.45) is 5.73 Å². The van der Waals surface area contributed by atoms with Gasteiger partial charge in [-0.05, 0) is 48.4 Å². The van der Waals surface area contributed by atoms with Crippen LogP contribution in [0.1, 0.15) is 35.3 Å². The molecule has 2 aromatic carbocycles. The van der Waals surface area contributed by atoms with Crippen LogP contribution in [-0.4, -0.2) is 0 Å². The van der Waals surface area contributed by atoms with Crippen molar-refractivity contribution >= 4 is 15.9 Å². The molecular formula is C16H15BrFNO. The minimum atomic E-state index is -0.196. The average Bonchev–Trinajstić information content (AvgIpc) is 2.42. The Balaban J connectivity index is 1.94. The van der Waals surface area contributed by atoms with Crippen LogP contribution in [0, 0.1) is 12.7 Å². The van der Waals surface area contributed by atoms with Crippen molar-refractivity contribution in [3.05, 3.63) is 63.4 Å². The minimum Gasteiger partial charge on any atom is -0.485 e. The SMILES string of the molecule is Cc1cc(C2CC(N)c3cc(Br)ccc3O2)ccc1F. The third kappa shape index (κ3) is 2.45. The summed E-state index contributed by atoms with van der Waals surface area (Å²) in [6, 6.07) is 10.8. The molecule has 0 amide bonds. The first kappa shape index (κ1) is 13.6. The molecule has 0 aliphatic carbocycles. The Hall–Kier alpha value is -1.39. The van der Waals surface area contributed by atoms with Gasteiger partial charge in [0.05, 0.1) is 0 Å². The van der Waals surface area contributed by atoms with E-state index in [0.29, 0.717) is 12.0 Å². The van der Waals surface area contributed by atoms with Crippen LogP contribution in [0.5, 0.6) is 5.75 Å². The van der Waals surface area contributed by atoms with Gasteiger partial charge in [-0.2, -0.15) is 0 Å². The summed E-state index contributed by atoms with van der Waals surface area (Å²) in [7, 11) is 0. The van der Waals surface area contributed by atoms with Crippen molar-refractivity contribution in [3.63, 3.8) is 0 Å². The van der Waals surface area contributed by atoms with Crippen LogP contribution in [0.4, 0.5) is 4.39 Å². The summed E-state index contributed by atoms with van der Waals surface area (Å²) in [5.41, 5.74) is 8.84. The molecule has 0 saturated heterocycles. The fourth-order valence-electron chi connectivity index (χ4n) is 2.55. The van der Waals surface area contributed by atoms with E-state index in [4.69, 9.17) is 10.5 Å². The maximum Gasteiger partial charge on any atom is 0.126 e. The lowest BCUT2D eigenvalue weighted by Crippen LogP contribution is -2.24. The second kappa shape index (κ2) is 5.19. The number of aryl methyl sites for hydroxylation is 1. The predicted molar refractivity (Wildman–Crippen MR) is 80.2 cm³/mol. The highest BCUT2D eigenvalue weighted by Crippen LogP contribution is 2.40. The van der Waals surface area contributed by atoms with Gasteiger partial charge in [-0.1, -0.05) is 22.0 Å². The molecule has 2 atom stereocenters. The van der Waals surface area contributed by atoms with Crippen molar-refractivity contribution in [2.75, 3.05) is 0 Å². The van der Waals surface area contributed by atoms with Crippen LogP contribution in [0.3, 0.4) is 0 Å². The van der Waals surface area contributed by atoms with Gasteiger partial charge in [0.2, 0.25) is 0 Å². The molecule has 3 rings (SSSR count). The molecule has 2 unspecified atom stereocenters. The molecule has 20 heavy (non-hydrogen) atoms. The van der Waals surface area contributed by atoms with Gasteiger partial charge in [0.25, 0.3) is 0 Å². The molecule has 2 aromatic rings. The standard InChI is InChI=1S/C16H15BrFNO/c1-9-6-10(2-4-13(9)18)16-8-14(19)12-7-11(17)3-5-15(12)20-16/h2-7,14,16H,8,19H2,1H3. The van der Waals surface area contributed by atoms with Gasteiger partial charge in [0.15, 0.2) is 0 Å². The molecule has 0 spiro atoms. The number of fused-ring (bicyclic) bond motifs is 1. The lowest BCUT2D eigenvalue weighted by molar-refractivity contribution is 0.161. The van der Waals surface area contributed by atoms with E-state index in [9.17, 15) is 4.39 Å². The highest BCUT2D eigenvalue weighted by Gasteiger charge is 2.27. The zero-order valence-electron chi connectivity index (χ0n) is 11.1. The molecular weight excluding hydrogens is 321 g/mol. The van der Waals surface area contributed by atoms with E-state index >= 15 is 0 Å². The first-order chi connectivity index (χ1) is 9.54. The fourth-order valence-corrected chi connectivity index (χ4v) is 2.93. The van der Waals surface area contributed by atoms with Gasteiger partial charge in [0.1, 0.15) is 17.7 Å². The summed E-state index contributed by atoms with van der Waals surface area (Å²) < 4.78 is 20.4. The van der Waals surface area contributed by atoms with Gasteiger partial charge in [-0.25, -0.2) is 4.39 Å². The number of nitrogens with two attached hydrogens (primary N) is 1. The van der Waals surface area contributed by atoms with Crippen LogP contribution in [0.2, 0.25) is 0 Å². The average molecular weight is 336 g/mol. The van der Waals surface area contributed by atoms with Crippen LogP contribution in [0.15, 0.2) is 40.9 Å². The molecule has 1 heterocycles. The van der Waals surface area contributed by atoms with Gasteiger partial charge in [-0.3, -0.25) is 0 Å². The quantitative estimate of drug-likeness (QED) is 0.837. The summed E-state index contributed by atoms with van der Waals surface area (Å²) in [5.74, 6) is 0.608. The highest BCUT2D eigenvalue weighted by molar-refractivity contribution is 9.10. The summed E-state index contributed by atoms with van der Waals surface area (Å²) in [4.78, 5) is 0. The Morgan fingerprint density at radius 2 is 2.05 bits per heavy atom. The topological polar surface area (TPSA) is 35.2 Å². The first-order valence-corrected chi connectivity index (χ1v) is 7.31. The molecule has 0 fully saturated rings. The second-order valence-corrected chi connectivity index (χ2v) is 6.06. The van der Waals surface area contributed by atoms with E-state index in [0.717, 1.165) is 21.3 Å². The van der Waals surface area contributed by atoms with Crippen molar-refractivity contribution in [2.45, 2.75) is 25.5 Å². The number of halogens is 2. The number of benzene rings is 2. The highest BCUT2D eigenvalue weighted by atomic mass is 79.9. The molecule has 0 radical (unpaired) electrons. The van der Waals surface area contributed by atoms with Crippen molar-refractivity contribution in [1.82, 2.24) is 0 Å². The zero-order chi connectivity index (χ0) is 14.3. The summed E-state index contributed by atoms with van der Waals surface area (Å²) >= 11 is 3.44. The molecule has 0 bridgehead atoms. The largest absolute Gasteiger partial charge is 0.485 e. The summed E-state index contributed by atoms with van der Waals surface area (Å²) in [5, 5.41) is 0. The lowest BCUT2D eigenvalue weighted by atomic mass is 9.93. The molecule has 0 saturated carbocycles. The van der Waals surface area contributed by atoms with E-state index < -0.39 is 0 Å². The van der Waals surface area contributed by atoms with Gasteiger partial charge < -0.3 is 10.5 Å². The second-order valence-electron chi connectivity index (χ2n) is 5.14. The van der Waals surface area contributed by atoms with Gasteiger partial charge in [-0.15, -0.1) is 0 Å². The van der Waals surface area contributed by atoms with E-state index in [1.165, 1.54) is 6.07 Å². The molecule has 2 nitrogen and oxygen atoms in total. The minimum absolute atomic E-state index is 0.0772. The van der Waals surface area contributed by atoms with Crippen molar-refractivity contribution < 1.29 is 9.13 Å². The van der Waals surface area contributed by atoms with E-state index in [1.807, 2.05) is 24.3 Å². The zero-order valence-corrected chi connectivity index (χ0v) is 12.7. The number of hydrogen-bond acceptors (Lipinski definition) is 2. The smallest absolute Gasteiger partial charge is 0.126 e. The Morgan fingerprint density at radius 1 is 1.25 bits per heavy atom. The van der Waals surface area contributed by atoms with Crippen LogP contribution in [-0.2, 0) is 0 Å². The van der Waals surface area contributed by atoms with E-state index in [1.54, 1.807) is 13.0 Å². The molecule has 0 aromatic heterocycles. The third-order valence-corrected chi connectivity index (χ3v) is 4.16. The monoisotopic (exact) mass is 335 g/mol.